The zero-order chi connectivity index (χ0) is 15.5. The highest BCUT2D eigenvalue weighted by Gasteiger charge is 2.33. The third-order valence-electron chi connectivity index (χ3n) is 3.46. The molecule has 1 aliphatic heterocycles. The second kappa shape index (κ2) is 6.84. The highest BCUT2D eigenvalue weighted by atomic mass is 32.2. The topological polar surface area (TPSA) is 76.9 Å². The number of methoxy groups -OCH3 is 1. The maximum Gasteiger partial charge on any atom is 0.281 e. The van der Waals surface area contributed by atoms with E-state index in [9.17, 15) is 8.42 Å². The number of rotatable bonds is 6. The van der Waals surface area contributed by atoms with Crippen LogP contribution in [0.5, 0.6) is 0 Å². The first kappa shape index (κ1) is 16.4. The highest BCUT2D eigenvalue weighted by molar-refractivity contribution is 7.86. The largest absolute Gasteiger partial charge is 0.383 e. The molecule has 0 amide bonds. The Labute approximate surface area is 125 Å². The predicted octanol–water partition coefficient (Wildman–Crippen LogP) is -0.384. The first-order chi connectivity index (χ1) is 9.95. The van der Waals surface area contributed by atoms with Crippen LogP contribution < -0.4 is 0 Å². The van der Waals surface area contributed by atoms with Gasteiger partial charge in [0.25, 0.3) is 10.2 Å². The van der Waals surface area contributed by atoms with Crippen LogP contribution in [-0.4, -0.2) is 73.8 Å². The van der Waals surface area contributed by atoms with Crippen molar-refractivity contribution < 1.29 is 17.9 Å². The van der Waals surface area contributed by atoms with E-state index in [-0.39, 0.29) is 6.10 Å². The van der Waals surface area contributed by atoms with Crippen molar-refractivity contribution >= 4 is 10.2 Å². The summed E-state index contributed by atoms with van der Waals surface area (Å²) in [4.78, 5) is 0. The van der Waals surface area contributed by atoms with Gasteiger partial charge in [0, 0.05) is 52.6 Å². The zero-order valence-corrected chi connectivity index (χ0v) is 13.4. The Morgan fingerprint density at radius 1 is 1.57 bits per heavy atom. The summed E-state index contributed by atoms with van der Waals surface area (Å²) in [5.41, 5.74) is 0.886. The lowest BCUT2D eigenvalue weighted by atomic mass is 10.2. The fourth-order valence-electron chi connectivity index (χ4n) is 2.18. The molecule has 0 spiro atoms. The van der Waals surface area contributed by atoms with Gasteiger partial charge in [-0.3, -0.25) is 4.68 Å². The number of likely N-dealkylation sites (N-methyl/N-ethyl adjacent to an activating group) is 1. The molecule has 0 saturated carbocycles. The third kappa shape index (κ3) is 3.80. The summed E-state index contributed by atoms with van der Waals surface area (Å²) in [5, 5.41) is 4.10. The molecular weight excluding hydrogens is 296 g/mol. The molecule has 0 N–H and O–H groups in total. The van der Waals surface area contributed by atoms with Crippen molar-refractivity contribution in [1.82, 2.24) is 18.4 Å². The van der Waals surface area contributed by atoms with Crippen LogP contribution in [0.3, 0.4) is 0 Å². The van der Waals surface area contributed by atoms with Crippen molar-refractivity contribution in [3.8, 4) is 0 Å². The van der Waals surface area contributed by atoms with Gasteiger partial charge in [0.2, 0.25) is 0 Å². The third-order valence-corrected chi connectivity index (χ3v) is 5.41. The van der Waals surface area contributed by atoms with E-state index in [4.69, 9.17) is 9.47 Å². The van der Waals surface area contributed by atoms with Gasteiger partial charge in [0.05, 0.1) is 25.5 Å². The van der Waals surface area contributed by atoms with Crippen LogP contribution in [-0.2, 0) is 26.7 Å². The molecule has 0 aliphatic carbocycles. The van der Waals surface area contributed by atoms with Crippen LogP contribution in [0.1, 0.15) is 11.7 Å². The molecule has 0 radical (unpaired) electrons. The van der Waals surface area contributed by atoms with Crippen LogP contribution in [0.2, 0.25) is 0 Å². The van der Waals surface area contributed by atoms with E-state index in [1.807, 2.05) is 13.2 Å². The van der Waals surface area contributed by atoms with Gasteiger partial charge in [0.15, 0.2) is 0 Å². The lowest BCUT2D eigenvalue weighted by Gasteiger charge is -2.34. The molecule has 1 aromatic heterocycles. The number of aryl methyl sites for hydroxylation is 1. The second-order valence-corrected chi connectivity index (χ2v) is 7.02. The maximum absolute atomic E-state index is 12.5. The average molecular weight is 318 g/mol. The zero-order valence-electron chi connectivity index (χ0n) is 12.6. The Morgan fingerprint density at radius 3 is 2.95 bits per heavy atom. The standard InChI is InChI=1S/C12H22N4O4S/c1-14-9-11(8-13-14)12-10-16(5-7-20-12)21(17,18)15(2)4-6-19-3/h8-9,12H,4-7,10H2,1-3H3. The SMILES string of the molecule is COCCN(C)S(=O)(=O)N1CCOC(c2cnn(C)c2)C1. The summed E-state index contributed by atoms with van der Waals surface area (Å²) in [6.45, 7) is 1.72. The monoisotopic (exact) mass is 318 g/mol. The molecule has 1 saturated heterocycles. The van der Waals surface area contributed by atoms with E-state index in [1.165, 1.54) is 8.61 Å². The maximum atomic E-state index is 12.5. The molecule has 1 unspecified atom stereocenters. The number of hydrogen-bond donors (Lipinski definition) is 0. The van der Waals surface area contributed by atoms with E-state index in [1.54, 1.807) is 25.0 Å². The van der Waals surface area contributed by atoms with Crippen molar-refractivity contribution in [1.29, 1.82) is 0 Å². The molecule has 1 aliphatic rings. The van der Waals surface area contributed by atoms with Crippen molar-refractivity contribution in [2.45, 2.75) is 6.10 Å². The minimum Gasteiger partial charge on any atom is -0.383 e. The fourth-order valence-corrected chi connectivity index (χ4v) is 3.50. The molecule has 1 fully saturated rings. The van der Waals surface area contributed by atoms with E-state index in [0.717, 1.165) is 5.56 Å². The van der Waals surface area contributed by atoms with E-state index >= 15 is 0 Å². The minimum atomic E-state index is -3.49. The van der Waals surface area contributed by atoms with Gasteiger partial charge in [0.1, 0.15) is 0 Å². The summed E-state index contributed by atoms with van der Waals surface area (Å²) >= 11 is 0. The lowest BCUT2D eigenvalue weighted by Crippen LogP contribution is -2.48. The van der Waals surface area contributed by atoms with Gasteiger partial charge in [-0.25, -0.2) is 0 Å². The van der Waals surface area contributed by atoms with Gasteiger partial charge in [-0.2, -0.15) is 22.1 Å². The average Bonchev–Trinajstić information content (AvgIpc) is 2.91. The van der Waals surface area contributed by atoms with E-state index in [2.05, 4.69) is 5.10 Å². The summed E-state index contributed by atoms with van der Waals surface area (Å²) < 4.78 is 40.0. The molecule has 21 heavy (non-hydrogen) atoms. The van der Waals surface area contributed by atoms with Crippen LogP contribution >= 0.6 is 0 Å². The van der Waals surface area contributed by atoms with E-state index in [0.29, 0.717) is 32.8 Å². The summed E-state index contributed by atoms with van der Waals surface area (Å²) in [6.07, 6.45) is 3.27. The fraction of sp³-hybridized carbons (Fsp3) is 0.750. The number of morpholine rings is 1. The number of ether oxygens (including phenoxy) is 2. The molecule has 2 heterocycles. The van der Waals surface area contributed by atoms with Crippen LogP contribution in [0, 0.1) is 0 Å². The second-order valence-electron chi connectivity index (χ2n) is 4.99. The molecule has 120 valence electrons. The summed E-state index contributed by atoms with van der Waals surface area (Å²) in [6, 6.07) is 0. The van der Waals surface area contributed by atoms with Crippen LogP contribution in [0.25, 0.3) is 0 Å². The molecule has 0 aromatic carbocycles. The van der Waals surface area contributed by atoms with Gasteiger partial charge in [-0.1, -0.05) is 0 Å². The predicted molar refractivity (Wildman–Crippen MR) is 76.9 cm³/mol. The highest BCUT2D eigenvalue weighted by Crippen LogP contribution is 2.24. The Morgan fingerprint density at radius 2 is 2.33 bits per heavy atom. The number of nitrogens with zero attached hydrogens (tertiary/aromatic N) is 4. The van der Waals surface area contributed by atoms with Gasteiger partial charge < -0.3 is 9.47 Å². The Bertz CT molecular complexity index is 559. The van der Waals surface area contributed by atoms with Gasteiger partial charge in [-0.15, -0.1) is 0 Å². The van der Waals surface area contributed by atoms with Crippen molar-refractivity contribution in [2.24, 2.45) is 7.05 Å². The first-order valence-corrected chi connectivity index (χ1v) is 8.15. The molecule has 1 atom stereocenters. The van der Waals surface area contributed by atoms with Crippen molar-refractivity contribution in [3.05, 3.63) is 18.0 Å². The Hall–Kier alpha value is -1.00. The minimum absolute atomic E-state index is 0.280. The molecule has 2 rings (SSSR count). The molecule has 1 aromatic rings. The van der Waals surface area contributed by atoms with E-state index < -0.39 is 10.2 Å². The van der Waals surface area contributed by atoms with Crippen molar-refractivity contribution in [2.75, 3.05) is 47.0 Å². The smallest absolute Gasteiger partial charge is 0.281 e. The van der Waals surface area contributed by atoms with Gasteiger partial charge in [-0.05, 0) is 0 Å². The Kier molecular flexibility index (Phi) is 5.33. The molecule has 0 bridgehead atoms. The van der Waals surface area contributed by atoms with Crippen LogP contribution in [0.4, 0.5) is 0 Å². The number of hydrogen-bond acceptors (Lipinski definition) is 5. The molecule has 9 heteroatoms. The molecular formula is C12H22N4O4S. The van der Waals surface area contributed by atoms with Crippen molar-refractivity contribution in [3.63, 3.8) is 0 Å². The molecule has 8 nitrogen and oxygen atoms in total. The summed E-state index contributed by atoms with van der Waals surface area (Å²) in [7, 11) is 1.44. The quantitative estimate of drug-likeness (QED) is 0.714. The first-order valence-electron chi connectivity index (χ1n) is 6.75. The Balaban J connectivity index is 2.06. The number of aromatic nitrogens is 2. The normalized spacial score (nSPS) is 21.0. The van der Waals surface area contributed by atoms with Crippen LogP contribution in [0.15, 0.2) is 12.4 Å². The summed E-state index contributed by atoms with van der Waals surface area (Å²) in [5.74, 6) is 0. The lowest BCUT2D eigenvalue weighted by molar-refractivity contribution is -0.00428. The van der Waals surface area contributed by atoms with Gasteiger partial charge >= 0.3 is 0 Å².